The Kier molecular flexibility index (Phi) is 6.42. The molecule has 29 heavy (non-hydrogen) atoms. The van der Waals surface area contributed by atoms with Crippen LogP contribution in [0.25, 0.3) is 11.3 Å². The third-order valence-electron chi connectivity index (χ3n) is 5.63. The number of rotatable bonds is 6. The summed E-state index contributed by atoms with van der Waals surface area (Å²) in [5.74, 6) is -3.88. The Hall–Kier alpha value is -2.60. The van der Waals surface area contributed by atoms with Crippen LogP contribution in [-0.2, 0) is 29.4 Å². The van der Waals surface area contributed by atoms with Crippen molar-refractivity contribution in [3.8, 4) is 11.3 Å². The molecule has 1 aliphatic carbocycles. The summed E-state index contributed by atoms with van der Waals surface area (Å²) >= 11 is 6.02. The van der Waals surface area contributed by atoms with E-state index >= 15 is 0 Å². The molecular weight excluding hydrogens is 394 g/mol. The number of ketones is 1. The minimum Gasteiger partial charge on any atom is -0.468 e. The monoisotopic (exact) mass is 417 g/mol. The van der Waals surface area contributed by atoms with Crippen molar-refractivity contribution in [2.45, 2.75) is 37.6 Å². The number of benzene rings is 1. The highest BCUT2D eigenvalue weighted by atomic mass is 35.5. The van der Waals surface area contributed by atoms with Crippen LogP contribution in [-0.4, -0.2) is 36.5 Å². The molecule has 0 unspecified atom stereocenters. The molecule has 1 aromatic heterocycles. The fourth-order valence-corrected chi connectivity index (χ4v) is 4.29. The maximum Gasteiger partial charge on any atom is 0.327 e. The van der Waals surface area contributed by atoms with Gasteiger partial charge in [0.15, 0.2) is 5.78 Å². The predicted molar refractivity (Wildman–Crippen MR) is 108 cm³/mol. The molecular formula is C22H24ClNO5. The Morgan fingerprint density at radius 2 is 1.55 bits per heavy atom. The van der Waals surface area contributed by atoms with Crippen molar-refractivity contribution in [3.63, 3.8) is 0 Å². The maximum atomic E-state index is 13.7. The molecule has 1 aliphatic rings. The fourth-order valence-electron chi connectivity index (χ4n) is 4.17. The summed E-state index contributed by atoms with van der Waals surface area (Å²) in [7, 11) is 2.32. The van der Waals surface area contributed by atoms with Crippen LogP contribution in [0.15, 0.2) is 42.6 Å². The summed E-state index contributed by atoms with van der Waals surface area (Å²) in [6, 6.07) is 11.1. The molecule has 0 spiro atoms. The number of ether oxygens (including phenoxy) is 2. The fraction of sp³-hybridized carbons (Fsp3) is 0.409. The highest BCUT2D eigenvalue weighted by Crippen LogP contribution is 2.41. The highest BCUT2D eigenvalue weighted by molar-refractivity contribution is 6.30. The Balaban J connectivity index is 2.12. The van der Waals surface area contributed by atoms with Crippen molar-refractivity contribution < 1.29 is 23.9 Å². The van der Waals surface area contributed by atoms with Crippen LogP contribution in [0.3, 0.4) is 0 Å². The zero-order chi connectivity index (χ0) is 21.0. The largest absolute Gasteiger partial charge is 0.468 e. The van der Waals surface area contributed by atoms with Crippen molar-refractivity contribution in [1.82, 2.24) is 4.57 Å². The molecule has 1 aromatic carbocycles. The summed E-state index contributed by atoms with van der Waals surface area (Å²) in [6.45, 7) is 0. The minimum absolute atomic E-state index is 0.484. The Labute approximate surface area is 174 Å². The van der Waals surface area contributed by atoms with E-state index < -0.39 is 29.2 Å². The van der Waals surface area contributed by atoms with Gasteiger partial charge in [-0.05, 0) is 42.7 Å². The second-order valence-corrected chi connectivity index (χ2v) is 7.64. The van der Waals surface area contributed by atoms with Gasteiger partial charge in [-0.15, -0.1) is 0 Å². The van der Waals surface area contributed by atoms with E-state index in [4.69, 9.17) is 21.1 Å². The number of halogens is 1. The summed E-state index contributed by atoms with van der Waals surface area (Å²) in [5.41, 5.74) is 0.694. The number of hydrogen-bond acceptors (Lipinski definition) is 5. The van der Waals surface area contributed by atoms with Crippen LogP contribution in [0.4, 0.5) is 0 Å². The van der Waals surface area contributed by atoms with Gasteiger partial charge in [-0.2, -0.15) is 0 Å². The van der Waals surface area contributed by atoms with Crippen LogP contribution in [0.5, 0.6) is 0 Å². The van der Waals surface area contributed by atoms with Gasteiger partial charge in [-0.3, -0.25) is 14.4 Å². The lowest BCUT2D eigenvalue weighted by Gasteiger charge is -2.40. The molecule has 154 valence electrons. The predicted octanol–water partition coefficient (Wildman–Crippen LogP) is 4.00. The van der Waals surface area contributed by atoms with E-state index in [2.05, 4.69) is 0 Å². The third-order valence-corrected chi connectivity index (χ3v) is 5.88. The molecule has 0 N–H and O–H groups in total. The zero-order valence-corrected chi connectivity index (χ0v) is 17.3. The highest BCUT2D eigenvalue weighted by Gasteiger charge is 2.50. The van der Waals surface area contributed by atoms with Gasteiger partial charge in [0.05, 0.1) is 14.2 Å². The van der Waals surface area contributed by atoms with Crippen LogP contribution in [0, 0.1) is 5.92 Å². The van der Waals surface area contributed by atoms with E-state index in [-0.39, 0.29) is 0 Å². The number of carbonyl (C=O) groups is 3. The van der Waals surface area contributed by atoms with Gasteiger partial charge in [0.1, 0.15) is 5.54 Å². The lowest BCUT2D eigenvalue weighted by molar-refractivity contribution is -0.164. The number of carbonyl (C=O) groups excluding carboxylic acids is 3. The van der Waals surface area contributed by atoms with E-state index in [1.165, 1.54) is 0 Å². The second-order valence-electron chi connectivity index (χ2n) is 7.21. The lowest BCUT2D eigenvalue weighted by atomic mass is 9.74. The summed E-state index contributed by atoms with van der Waals surface area (Å²) < 4.78 is 11.4. The van der Waals surface area contributed by atoms with E-state index in [1.807, 2.05) is 35.0 Å². The third kappa shape index (κ3) is 3.94. The lowest BCUT2D eigenvalue weighted by Crippen LogP contribution is -2.51. The molecule has 6 nitrogen and oxygen atoms in total. The molecule has 1 heterocycles. The molecule has 0 radical (unpaired) electrons. The molecule has 1 fully saturated rings. The molecule has 0 bridgehead atoms. The van der Waals surface area contributed by atoms with E-state index in [1.54, 1.807) is 12.1 Å². The smallest absolute Gasteiger partial charge is 0.327 e. The summed E-state index contributed by atoms with van der Waals surface area (Å²) in [6.07, 6.45) is 5.53. The second kappa shape index (κ2) is 8.82. The minimum atomic E-state index is -1.61. The van der Waals surface area contributed by atoms with Gasteiger partial charge < -0.3 is 14.0 Å². The Morgan fingerprint density at radius 1 is 0.966 bits per heavy atom. The van der Waals surface area contributed by atoms with Gasteiger partial charge in [-0.25, -0.2) is 0 Å². The van der Waals surface area contributed by atoms with Crippen molar-refractivity contribution in [3.05, 3.63) is 47.6 Å². The Morgan fingerprint density at radius 3 is 2.10 bits per heavy atom. The number of nitrogens with zero attached hydrogens (tertiary/aromatic N) is 1. The van der Waals surface area contributed by atoms with E-state index in [0.717, 1.165) is 44.7 Å². The van der Waals surface area contributed by atoms with Crippen LogP contribution < -0.4 is 0 Å². The van der Waals surface area contributed by atoms with Crippen LogP contribution >= 0.6 is 11.6 Å². The summed E-state index contributed by atoms with van der Waals surface area (Å²) in [4.78, 5) is 38.4. The average Bonchev–Trinajstić information content (AvgIpc) is 3.25. The van der Waals surface area contributed by atoms with Crippen molar-refractivity contribution in [2.75, 3.05) is 14.2 Å². The number of esters is 2. The number of methoxy groups -OCH3 is 2. The van der Waals surface area contributed by atoms with Crippen LogP contribution in [0.2, 0.25) is 5.02 Å². The number of hydrogen-bond donors (Lipinski definition) is 0. The van der Waals surface area contributed by atoms with E-state index in [9.17, 15) is 14.4 Å². The molecule has 3 rings (SSSR count). The normalized spacial score (nSPS) is 15.7. The molecule has 7 heteroatoms. The topological polar surface area (TPSA) is 74.6 Å². The van der Waals surface area contributed by atoms with Gasteiger partial charge in [-0.1, -0.05) is 43.0 Å². The first kappa shape index (κ1) is 21.1. The number of Topliss-reactive ketones (excluding diaryl/α,β-unsaturated/α-hetero) is 1. The van der Waals surface area contributed by atoms with Crippen molar-refractivity contribution in [2.24, 2.45) is 5.92 Å². The zero-order valence-electron chi connectivity index (χ0n) is 16.5. The van der Waals surface area contributed by atoms with Crippen molar-refractivity contribution >= 4 is 29.3 Å². The first-order valence-corrected chi connectivity index (χ1v) is 9.96. The quantitative estimate of drug-likeness (QED) is 0.524. The maximum absolute atomic E-state index is 13.7. The average molecular weight is 418 g/mol. The van der Waals surface area contributed by atoms with Gasteiger partial charge in [0.25, 0.3) is 0 Å². The molecule has 0 atom stereocenters. The van der Waals surface area contributed by atoms with Crippen LogP contribution in [0.1, 0.15) is 32.1 Å². The Bertz CT molecular complexity index is 880. The van der Waals surface area contributed by atoms with E-state index in [0.29, 0.717) is 17.9 Å². The SMILES string of the molecule is COC(=O)C(C(=O)OC)C(=O)C1(n2cccc2-c2ccc(Cl)cc2)CCCCC1. The number of aromatic nitrogens is 1. The summed E-state index contributed by atoms with van der Waals surface area (Å²) in [5, 5.41) is 0.617. The molecule has 0 aliphatic heterocycles. The van der Waals surface area contributed by atoms with Gasteiger partial charge in [0, 0.05) is 16.9 Å². The molecule has 1 saturated carbocycles. The first-order valence-electron chi connectivity index (χ1n) is 9.58. The molecule has 0 saturated heterocycles. The molecule has 0 amide bonds. The standard InChI is InChI=1S/C22H24ClNO5/c1-28-20(26)18(21(27)29-2)19(25)22(12-4-3-5-13-22)24-14-6-7-17(24)15-8-10-16(23)11-9-15/h6-11,14,18H,3-5,12-13H2,1-2H3. The molecule has 2 aromatic rings. The van der Waals surface area contributed by atoms with Crippen molar-refractivity contribution in [1.29, 1.82) is 0 Å². The van der Waals surface area contributed by atoms with Gasteiger partial charge >= 0.3 is 11.9 Å². The first-order chi connectivity index (χ1) is 13.9. The van der Waals surface area contributed by atoms with Gasteiger partial charge in [0.2, 0.25) is 5.92 Å².